The SMILES string of the molecule is CCCCCCOc1ccc(-n2nc3ccc(OCCCC)cc3n2)c(O)c1. The van der Waals surface area contributed by atoms with Crippen LogP contribution in [0.3, 0.4) is 0 Å². The van der Waals surface area contributed by atoms with Crippen molar-refractivity contribution in [1.82, 2.24) is 15.0 Å². The van der Waals surface area contributed by atoms with E-state index in [1.807, 2.05) is 24.3 Å². The van der Waals surface area contributed by atoms with E-state index in [9.17, 15) is 5.11 Å². The molecule has 0 unspecified atom stereocenters. The Morgan fingerprint density at radius 3 is 2.21 bits per heavy atom. The van der Waals surface area contributed by atoms with Gasteiger partial charge in [-0.15, -0.1) is 15.0 Å². The molecule has 6 nitrogen and oxygen atoms in total. The number of phenols is 1. The summed E-state index contributed by atoms with van der Waals surface area (Å²) < 4.78 is 11.4. The Labute approximate surface area is 166 Å². The molecular formula is C22H29N3O3. The monoisotopic (exact) mass is 383 g/mol. The number of nitrogens with zero attached hydrogens (tertiary/aromatic N) is 3. The van der Waals surface area contributed by atoms with Crippen LogP contribution >= 0.6 is 0 Å². The van der Waals surface area contributed by atoms with Gasteiger partial charge in [0.05, 0.1) is 13.2 Å². The van der Waals surface area contributed by atoms with E-state index >= 15 is 0 Å². The van der Waals surface area contributed by atoms with Gasteiger partial charge in [0.15, 0.2) is 0 Å². The lowest BCUT2D eigenvalue weighted by molar-refractivity contribution is 0.303. The average Bonchev–Trinajstić information content (AvgIpc) is 3.11. The second-order valence-corrected chi connectivity index (χ2v) is 6.90. The highest BCUT2D eigenvalue weighted by Gasteiger charge is 2.11. The van der Waals surface area contributed by atoms with Crippen LogP contribution in [0.1, 0.15) is 52.4 Å². The number of hydrogen-bond donors (Lipinski definition) is 1. The molecule has 0 aliphatic carbocycles. The minimum absolute atomic E-state index is 0.0887. The van der Waals surface area contributed by atoms with Gasteiger partial charge in [-0.25, -0.2) is 0 Å². The maximum absolute atomic E-state index is 10.4. The highest BCUT2D eigenvalue weighted by atomic mass is 16.5. The van der Waals surface area contributed by atoms with Crippen molar-refractivity contribution in [3.8, 4) is 22.9 Å². The molecule has 0 spiro atoms. The smallest absolute Gasteiger partial charge is 0.146 e. The number of phenolic OH excluding ortho intramolecular Hbond substituents is 1. The van der Waals surface area contributed by atoms with Crippen LogP contribution in [0, 0.1) is 0 Å². The van der Waals surface area contributed by atoms with Crippen LogP contribution in [0.4, 0.5) is 0 Å². The van der Waals surface area contributed by atoms with E-state index in [4.69, 9.17) is 9.47 Å². The molecule has 6 heteroatoms. The van der Waals surface area contributed by atoms with Crippen LogP contribution < -0.4 is 9.47 Å². The molecule has 0 bridgehead atoms. The fourth-order valence-corrected chi connectivity index (χ4v) is 2.91. The van der Waals surface area contributed by atoms with Crippen molar-refractivity contribution in [2.24, 2.45) is 0 Å². The van der Waals surface area contributed by atoms with Crippen LogP contribution in [0.25, 0.3) is 16.7 Å². The lowest BCUT2D eigenvalue weighted by atomic mass is 10.2. The first-order valence-corrected chi connectivity index (χ1v) is 10.2. The summed E-state index contributed by atoms with van der Waals surface area (Å²) >= 11 is 0. The summed E-state index contributed by atoms with van der Waals surface area (Å²) in [6, 6.07) is 10.9. The molecule has 1 N–H and O–H groups in total. The van der Waals surface area contributed by atoms with Gasteiger partial charge in [0.2, 0.25) is 0 Å². The number of hydrogen-bond acceptors (Lipinski definition) is 5. The third kappa shape index (κ3) is 5.15. The van der Waals surface area contributed by atoms with E-state index < -0.39 is 0 Å². The third-order valence-electron chi connectivity index (χ3n) is 4.55. The zero-order chi connectivity index (χ0) is 19.8. The number of fused-ring (bicyclic) bond motifs is 1. The molecule has 3 rings (SSSR count). The Morgan fingerprint density at radius 1 is 0.786 bits per heavy atom. The van der Waals surface area contributed by atoms with Crippen LogP contribution in [0.15, 0.2) is 36.4 Å². The molecule has 0 fully saturated rings. The number of benzene rings is 2. The molecule has 3 aromatic rings. The van der Waals surface area contributed by atoms with Crippen molar-refractivity contribution < 1.29 is 14.6 Å². The van der Waals surface area contributed by atoms with Gasteiger partial charge in [-0.3, -0.25) is 0 Å². The second-order valence-electron chi connectivity index (χ2n) is 6.90. The fourth-order valence-electron chi connectivity index (χ4n) is 2.91. The summed E-state index contributed by atoms with van der Waals surface area (Å²) in [5.74, 6) is 1.52. The largest absolute Gasteiger partial charge is 0.505 e. The molecule has 0 amide bonds. The maximum Gasteiger partial charge on any atom is 0.146 e. The van der Waals surface area contributed by atoms with E-state index in [1.165, 1.54) is 17.6 Å². The third-order valence-corrected chi connectivity index (χ3v) is 4.55. The summed E-state index contributed by atoms with van der Waals surface area (Å²) in [4.78, 5) is 1.45. The van der Waals surface area contributed by atoms with Crippen LogP contribution in [-0.4, -0.2) is 33.3 Å². The Morgan fingerprint density at radius 2 is 1.46 bits per heavy atom. The van der Waals surface area contributed by atoms with E-state index in [1.54, 1.807) is 12.1 Å². The number of unbranched alkanes of at least 4 members (excludes halogenated alkanes) is 4. The maximum atomic E-state index is 10.4. The van der Waals surface area contributed by atoms with Crippen molar-refractivity contribution in [2.45, 2.75) is 52.4 Å². The fraction of sp³-hybridized carbons (Fsp3) is 0.455. The molecule has 0 radical (unpaired) electrons. The molecule has 0 saturated heterocycles. The normalized spacial score (nSPS) is 11.1. The predicted octanol–water partition coefficient (Wildman–Crippen LogP) is 5.26. The number of rotatable bonds is 11. The highest BCUT2D eigenvalue weighted by molar-refractivity contribution is 5.75. The zero-order valence-electron chi connectivity index (χ0n) is 16.7. The zero-order valence-corrected chi connectivity index (χ0v) is 16.7. The van der Waals surface area contributed by atoms with Crippen molar-refractivity contribution >= 4 is 11.0 Å². The minimum atomic E-state index is 0.0887. The lowest BCUT2D eigenvalue weighted by Crippen LogP contribution is -2.01. The highest BCUT2D eigenvalue weighted by Crippen LogP contribution is 2.27. The van der Waals surface area contributed by atoms with E-state index in [0.717, 1.165) is 42.5 Å². The summed E-state index contributed by atoms with van der Waals surface area (Å²) in [6.07, 6.45) is 6.71. The minimum Gasteiger partial charge on any atom is -0.505 e. The topological polar surface area (TPSA) is 69.4 Å². The Hall–Kier alpha value is -2.76. The molecule has 1 heterocycles. The van der Waals surface area contributed by atoms with Crippen molar-refractivity contribution in [3.05, 3.63) is 36.4 Å². The van der Waals surface area contributed by atoms with Crippen molar-refractivity contribution in [1.29, 1.82) is 0 Å². The summed E-state index contributed by atoms with van der Waals surface area (Å²) in [5.41, 5.74) is 1.99. The van der Waals surface area contributed by atoms with Gasteiger partial charge >= 0.3 is 0 Å². The van der Waals surface area contributed by atoms with Gasteiger partial charge in [0.1, 0.15) is 34.0 Å². The van der Waals surface area contributed by atoms with Crippen molar-refractivity contribution in [3.63, 3.8) is 0 Å². The molecule has 28 heavy (non-hydrogen) atoms. The molecule has 0 saturated carbocycles. The average molecular weight is 383 g/mol. The Balaban J connectivity index is 1.69. The molecule has 150 valence electrons. The first kappa shape index (κ1) is 20.0. The second kappa shape index (κ2) is 9.97. The number of aromatic nitrogens is 3. The molecular weight excluding hydrogens is 354 g/mol. The van der Waals surface area contributed by atoms with E-state index in [2.05, 4.69) is 24.0 Å². The Kier molecular flexibility index (Phi) is 7.12. The summed E-state index contributed by atoms with van der Waals surface area (Å²) in [7, 11) is 0. The van der Waals surface area contributed by atoms with Gasteiger partial charge < -0.3 is 14.6 Å². The standard InChI is InChI=1S/C22H29N3O3/c1-3-5-7-8-14-28-18-10-12-21(22(26)16-18)25-23-19-11-9-17(15-20(19)24-25)27-13-6-4-2/h9-12,15-16,26H,3-8,13-14H2,1-2H3. The van der Waals surface area contributed by atoms with Gasteiger partial charge in [0, 0.05) is 12.1 Å². The van der Waals surface area contributed by atoms with E-state index in [0.29, 0.717) is 24.7 Å². The first-order valence-electron chi connectivity index (χ1n) is 10.2. The van der Waals surface area contributed by atoms with Crippen LogP contribution in [0.5, 0.6) is 17.2 Å². The molecule has 0 atom stereocenters. The van der Waals surface area contributed by atoms with Gasteiger partial charge in [-0.1, -0.05) is 39.5 Å². The number of ether oxygens (including phenoxy) is 2. The van der Waals surface area contributed by atoms with Crippen molar-refractivity contribution in [2.75, 3.05) is 13.2 Å². The van der Waals surface area contributed by atoms with Gasteiger partial charge in [-0.05, 0) is 37.1 Å². The van der Waals surface area contributed by atoms with E-state index in [-0.39, 0.29) is 5.75 Å². The lowest BCUT2D eigenvalue weighted by Gasteiger charge is -2.08. The van der Waals surface area contributed by atoms with Gasteiger partial charge in [0.25, 0.3) is 0 Å². The first-order chi connectivity index (χ1) is 13.7. The van der Waals surface area contributed by atoms with Crippen LogP contribution in [-0.2, 0) is 0 Å². The molecule has 0 aliphatic heterocycles. The predicted molar refractivity (Wildman–Crippen MR) is 111 cm³/mol. The molecule has 0 aliphatic rings. The molecule has 2 aromatic carbocycles. The summed E-state index contributed by atoms with van der Waals surface area (Å²) in [5, 5.41) is 19.3. The number of aromatic hydroxyl groups is 1. The molecule has 1 aromatic heterocycles. The Bertz CT molecular complexity index is 892. The quantitative estimate of drug-likeness (QED) is 0.457. The summed E-state index contributed by atoms with van der Waals surface area (Å²) in [6.45, 7) is 5.67. The van der Waals surface area contributed by atoms with Crippen LogP contribution in [0.2, 0.25) is 0 Å². The van der Waals surface area contributed by atoms with Gasteiger partial charge in [-0.2, -0.15) is 0 Å².